The minimum absolute atomic E-state index is 0.218. The van der Waals surface area contributed by atoms with Crippen LogP contribution >= 0.6 is 0 Å². The average molecular weight is 383 g/mol. The smallest absolute Gasteiger partial charge is 0.322 e. The summed E-state index contributed by atoms with van der Waals surface area (Å²) in [6.07, 6.45) is 1.41. The zero-order valence-corrected chi connectivity index (χ0v) is 16.3. The van der Waals surface area contributed by atoms with Gasteiger partial charge in [-0.1, -0.05) is 18.2 Å². The molecular formula is C21H25N3O4. The Bertz CT molecular complexity index is 868. The van der Waals surface area contributed by atoms with Gasteiger partial charge in [-0.2, -0.15) is 0 Å². The van der Waals surface area contributed by atoms with Crippen molar-refractivity contribution in [3.05, 3.63) is 48.0 Å². The molecule has 7 heteroatoms. The Labute approximate surface area is 164 Å². The first-order valence-electron chi connectivity index (χ1n) is 9.19. The highest BCUT2D eigenvalue weighted by atomic mass is 16.5. The number of hydrogen-bond acceptors (Lipinski definition) is 4. The van der Waals surface area contributed by atoms with Crippen LogP contribution in [-0.2, 0) is 4.79 Å². The van der Waals surface area contributed by atoms with Gasteiger partial charge in [0.25, 0.3) is 0 Å². The molecule has 0 radical (unpaired) electrons. The zero-order chi connectivity index (χ0) is 20.1. The van der Waals surface area contributed by atoms with E-state index in [1.807, 2.05) is 31.2 Å². The summed E-state index contributed by atoms with van der Waals surface area (Å²) in [4.78, 5) is 27.1. The van der Waals surface area contributed by atoms with E-state index in [0.29, 0.717) is 30.2 Å². The van der Waals surface area contributed by atoms with E-state index in [4.69, 9.17) is 9.47 Å². The van der Waals surface area contributed by atoms with Crippen molar-refractivity contribution >= 4 is 23.3 Å². The highest BCUT2D eigenvalue weighted by Gasteiger charge is 2.34. The number of likely N-dealkylation sites (tertiary alicyclic amines) is 1. The van der Waals surface area contributed by atoms with Gasteiger partial charge in [-0.15, -0.1) is 0 Å². The molecule has 0 aliphatic carbocycles. The van der Waals surface area contributed by atoms with Crippen LogP contribution in [0.5, 0.6) is 11.5 Å². The maximum absolute atomic E-state index is 12.8. The molecule has 3 rings (SSSR count). The number of urea groups is 1. The van der Waals surface area contributed by atoms with Crippen molar-refractivity contribution in [1.82, 2.24) is 4.90 Å². The van der Waals surface area contributed by atoms with Gasteiger partial charge in [-0.25, -0.2) is 4.79 Å². The fraction of sp³-hybridized carbons (Fsp3) is 0.333. The third-order valence-corrected chi connectivity index (χ3v) is 4.85. The molecule has 1 aliphatic heterocycles. The molecule has 1 heterocycles. The molecule has 1 fully saturated rings. The van der Waals surface area contributed by atoms with Crippen LogP contribution < -0.4 is 20.1 Å². The first-order valence-corrected chi connectivity index (χ1v) is 9.19. The van der Waals surface area contributed by atoms with E-state index in [0.717, 1.165) is 17.7 Å². The number of para-hydroxylation sites is 1. The van der Waals surface area contributed by atoms with Gasteiger partial charge >= 0.3 is 6.03 Å². The lowest BCUT2D eigenvalue weighted by atomic mass is 10.2. The topological polar surface area (TPSA) is 79.9 Å². The van der Waals surface area contributed by atoms with Crippen molar-refractivity contribution in [3.8, 4) is 11.5 Å². The molecule has 1 aliphatic rings. The number of amides is 3. The molecule has 28 heavy (non-hydrogen) atoms. The number of anilines is 2. The van der Waals surface area contributed by atoms with Crippen LogP contribution in [0.2, 0.25) is 0 Å². The standard InChI is InChI=1S/C21H25N3O4/c1-14-7-4-5-8-16(14)23-21(26)24-12-6-9-17(24)20(25)22-15-10-11-18(27-2)19(13-15)28-3/h4-5,7-8,10-11,13,17H,6,9,12H2,1-3H3,(H,22,25)(H,23,26). The second-order valence-electron chi connectivity index (χ2n) is 6.66. The molecule has 1 unspecified atom stereocenters. The fourth-order valence-electron chi connectivity index (χ4n) is 3.32. The first-order chi connectivity index (χ1) is 13.5. The third kappa shape index (κ3) is 4.19. The lowest BCUT2D eigenvalue weighted by Gasteiger charge is -2.24. The van der Waals surface area contributed by atoms with Crippen LogP contribution in [0.4, 0.5) is 16.2 Å². The van der Waals surface area contributed by atoms with Crippen molar-refractivity contribution in [2.45, 2.75) is 25.8 Å². The van der Waals surface area contributed by atoms with E-state index in [1.54, 1.807) is 30.2 Å². The van der Waals surface area contributed by atoms with Gasteiger partial charge in [0.1, 0.15) is 6.04 Å². The van der Waals surface area contributed by atoms with E-state index in [9.17, 15) is 9.59 Å². The highest BCUT2D eigenvalue weighted by Crippen LogP contribution is 2.30. The monoisotopic (exact) mass is 383 g/mol. The predicted molar refractivity (Wildman–Crippen MR) is 108 cm³/mol. The Balaban J connectivity index is 1.69. The second kappa shape index (κ2) is 8.65. The molecule has 0 bridgehead atoms. The van der Waals surface area contributed by atoms with Gasteiger partial charge in [0.2, 0.25) is 5.91 Å². The molecule has 2 aromatic carbocycles. The number of methoxy groups -OCH3 is 2. The Hall–Kier alpha value is -3.22. The van der Waals surface area contributed by atoms with E-state index in [2.05, 4.69) is 10.6 Å². The maximum Gasteiger partial charge on any atom is 0.322 e. The molecule has 7 nitrogen and oxygen atoms in total. The molecule has 0 spiro atoms. The number of nitrogens with zero attached hydrogens (tertiary/aromatic N) is 1. The molecular weight excluding hydrogens is 358 g/mol. The maximum atomic E-state index is 12.8. The Morgan fingerprint density at radius 1 is 1.04 bits per heavy atom. The van der Waals surface area contributed by atoms with Gasteiger partial charge in [0.15, 0.2) is 11.5 Å². The summed E-state index contributed by atoms with van der Waals surface area (Å²) in [5.41, 5.74) is 2.31. The number of nitrogens with one attached hydrogen (secondary N) is 2. The van der Waals surface area contributed by atoms with Crippen molar-refractivity contribution in [2.75, 3.05) is 31.4 Å². The molecule has 148 valence electrons. The van der Waals surface area contributed by atoms with Crippen LogP contribution in [0.1, 0.15) is 18.4 Å². The number of carbonyl (C=O) groups is 2. The van der Waals surface area contributed by atoms with Gasteiger partial charge < -0.3 is 25.0 Å². The Morgan fingerprint density at radius 2 is 1.79 bits per heavy atom. The largest absolute Gasteiger partial charge is 0.493 e. The van der Waals surface area contributed by atoms with E-state index in [1.165, 1.54) is 7.11 Å². The first kappa shape index (κ1) is 19.5. The number of hydrogen-bond donors (Lipinski definition) is 2. The number of aryl methyl sites for hydroxylation is 1. The average Bonchev–Trinajstić information content (AvgIpc) is 3.20. The molecule has 1 atom stereocenters. The van der Waals surface area contributed by atoms with Crippen LogP contribution in [0.15, 0.2) is 42.5 Å². The molecule has 2 N–H and O–H groups in total. The summed E-state index contributed by atoms with van der Waals surface area (Å²) in [6, 6.07) is 12.0. The minimum atomic E-state index is -0.517. The molecule has 1 saturated heterocycles. The van der Waals surface area contributed by atoms with Crippen LogP contribution in [-0.4, -0.2) is 43.6 Å². The number of rotatable bonds is 5. The summed E-state index contributed by atoms with van der Waals surface area (Å²) in [5, 5.41) is 5.78. The summed E-state index contributed by atoms with van der Waals surface area (Å²) in [5.74, 6) is 0.895. The summed E-state index contributed by atoms with van der Waals surface area (Å²) in [7, 11) is 3.09. The Kier molecular flexibility index (Phi) is 6.03. The highest BCUT2D eigenvalue weighted by molar-refractivity contribution is 6.00. The van der Waals surface area contributed by atoms with Crippen molar-refractivity contribution in [1.29, 1.82) is 0 Å². The summed E-state index contributed by atoms with van der Waals surface area (Å²) < 4.78 is 10.5. The number of carbonyl (C=O) groups excluding carboxylic acids is 2. The SMILES string of the molecule is COc1ccc(NC(=O)C2CCCN2C(=O)Nc2ccccc2C)cc1OC. The van der Waals surface area contributed by atoms with Crippen LogP contribution in [0.25, 0.3) is 0 Å². The van der Waals surface area contributed by atoms with E-state index >= 15 is 0 Å². The Morgan fingerprint density at radius 3 is 2.50 bits per heavy atom. The van der Waals surface area contributed by atoms with Crippen molar-refractivity contribution in [2.24, 2.45) is 0 Å². The molecule has 0 aromatic heterocycles. The lowest BCUT2D eigenvalue weighted by molar-refractivity contribution is -0.119. The van der Waals surface area contributed by atoms with Crippen LogP contribution in [0.3, 0.4) is 0 Å². The number of benzene rings is 2. The van der Waals surface area contributed by atoms with E-state index < -0.39 is 6.04 Å². The molecule has 0 saturated carbocycles. The van der Waals surface area contributed by atoms with Gasteiger partial charge in [0.05, 0.1) is 14.2 Å². The fourth-order valence-corrected chi connectivity index (χ4v) is 3.32. The lowest BCUT2D eigenvalue weighted by Crippen LogP contribution is -2.45. The van der Waals surface area contributed by atoms with Crippen molar-refractivity contribution in [3.63, 3.8) is 0 Å². The van der Waals surface area contributed by atoms with Gasteiger partial charge in [0, 0.05) is 24.0 Å². The quantitative estimate of drug-likeness (QED) is 0.826. The third-order valence-electron chi connectivity index (χ3n) is 4.85. The van der Waals surface area contributed by atoms with Crippen molar-refractivity contribution < 1.29 is 19.1 Å². The van der Waals surface area contributed by atoms with Crippen LogP contribution in [0, 0.1) is 6.92 Å². The van der Waals surface area contributed by atoms with Gasteiger partial charge in [-0.3, -0.25) is 4.79 Å². The summed E-state index contributed by atoms with van der Waals surface area (Å²) in [6.45, 7) is 2.47. The number of ether oxygens (including phenoxy) is 2. The summed E-state index contributed by atoms with van der Waals surface area (Å²) >= 11 is 0. The molecule has 2 aromatic rings. The molecule has 3 amide bonds. The normalized spacial score (nSPS) is 15.8. The predicted octanol–water partition coefficient (Wildman–Crippen LogP) is 3.65. The van der Waals surface area contributed by atoms with Gasteiger partial charge in [-0.05, 0) is 43.5 Å². The zero-order valence-electron chi connectivity index (χ0n) is 16.3. The van der Waals surface area contributed by atoms with E-state index in [-0.39, 0.29) is 11.9 Å². The second-order valence-corrected chi connectivity index (χ2v) is 6.66. The minimum Gasteiger partial charge on any atom is -0.493 e.